The highest BCUT2D eigenvalue weighted by molar-refractivity contribution is 6.31. The van der Waals surface area contributed by atoms with Crippen LogP contribution < -0.4 is 16.0 Å². The number of aromatic nitrogens is 1. The van der Waals surface area contributed by atoms with Crippen molar-refractivity contribution in [1.29, 1.82) is 0 Å². The van der Waals surface area contributed by atoms with Gasteiger partial charge in [0, 0.05) is 33.9 Å². The van der Waals surface area contributed by atoms with E-state index in [0.29, 0.717) is 12.1 Å². The summed E-state index contributed by atoms with van der Waals surface area (Å²) in [4.78, 5) is 13.4. The van der Waals surface area contributed by atoms with Gasteiger partial charge in [0.1, 0.15) is 0 Å². The minimum atomic E-state index is 0.305. The van der Waals surface area contributed by atoms with E-state index in [4.69, 9.17) is 9.98 Å². The molecule has 7 rings (SSSR count). The van der Waals surface area contributed by atoms with E-state index in [1.807, 2.05) is 0 Å². The molecular formula is C28H22N4. The summed E-state index contributed by atoms with van der Waals surface area (Å²) in [5.41, 5.74) is 6.52. The van der Waals surface area contributed by atoms with Crippen molar-refractivity contribution in [1.82, 2.24) is 10.3 Å². The molecule has 4 aliphatic heterocycles. The monoisotopic (exact) mass is 414 g/mol. The SMILES string of the molecule is C1=C/C2=C/C3CCC(/C=C4N=C(/C=c5/cc/c([nH]5)=C/C1=N2)c1c\4ccc2ccccc12)N3. The summed E-state index contributed by atoms with van der Waals surface area (Å²) in [6.07, 6.45) is 15.2. The van der Waals surface area contributed by atoms with E-state index in [0.717, 1.165) is 46.4 Å². The van der Waals surface area contributed by atoms with Gasteiger partial charge in [-0.2, -0.15) is 0 Å². The highest BCUT2D eigenvalue weighted by Crippen LogP contribution is 2.35. The molecule has 2 unspecified atom stereocenters. The molecule has 0 aliphatic carbocycles. The highest BCUT2D eigenvalue weighted by atomic mass is 15.0. The number of fused-ring (bicyclic) bond motifs is 11. The van der Waals surface area contributed by atoms with Crippen LogP contribution >= 0.6 is 0 Å². The van der Waals surface area contributed by atoms with Gasteiger partial charge in [-0.05, 0) is 72.2 Å². The largest absolute Gasteiger partial charge is 0.355 e. The Kier molecular flexibility index (Phi) is 3.84. The van der Waals surface area contributed by atoms with Crippen molar-refractivity contribution in [2.75, 3.05) is 0 Å². The zero-order chi connectivity index (χ0) is 21.1. The van der Waals surface area contributed by atoms with Crippen molar-refractivity contribution >= 4 is 40.0 Å². The van der Waals surface area contributed by atoms with Crippen LogP contribution in [0.5, 0.6) is 0 Å². The second-order valence-electron chi connectivity index (χ2n) is 8.83. The molecule has 4 nitrogen and oxygen atoms in total. The number of hydrogen-bond acceptors (Lipinski definition) is 3. The third kappa shape index (κ3) is 2.95. The molecule has 2 N–H and O–H groups in total. The van der Waals surface area contributed by atoms with Gasteiger partial charge in [0.15, 0.2) is 0 Å². The van der Waals surface area contributed by atoms with Crippen LogP contribution in [-0.4, -0.2) is 28.5 Å². The Labute approximate surface area is 185 Å². The number of allylic oxidation sites excluding steroid dienone is 2. The Morgan fingerprint density at radius 1 is 0.781 bits per heavy atom. The average Bonchev–Trinajstić information content (AvgIpc) is 3.59. The molecular weight excluding hydrogens is 392 g/mol. The van der Waals surface area contributed by atoms with Crippen molar-refractivity contribution < 1.29 is 0 Å². The number of aliphatic imine (C=N–C) groups is 2. The van der Waals surface area contributed by atoms with E-state index < -0.39 is 0 Å². The van der Waals surface area contributed by atoms with Gasteiger partial charge in [-0.3, -0.25) is 0 Å². The second kappa shape index (κ2) is 6.87. The average molecular weight is 415 g/mol. The van der Waals surface area contributed by atoms with Gasteiger partial charge < -0.3 is 10.3 Å². The van der Waals surface area contributed by atoms with Gasteiger partial charge in [-0.25, -0.2) is 9.98 Å². The number of nitrogens with zero attached hydrogens (tertiary/aromatic N) is 2. The van der Waals surface area contributed by atoms with Gasteiger partial charge >= 0.3 is 0 Å². The lowest BCUT2D eigenvalue weighted by molar-refractivity contribution is 0.669. The van der Waals surface area contributed by atoms with E-state index in [1.165, 1.54) is 21.9 Å². The number of rotatable bonds is 0. The van der Waals surface area contributed by atoms with Crippen molar-refractivity contribution in [3.8, 4) is 0 Å². The van der Waals surface area contributed by atoms with Crippen molar-refractivity contribution in [2.45, 2.75) is 24.9 Å². The fraction of sp³-hybridized carbons (Fsp3) is 0.143. The van der Waals surface area contributed by atoms with Crippen LogP contribution in [0.3, 0.4) is 0 Å². The fourth-order valence-corrected chi connectivity index (χ4v) is 5.17. The summed E-state index contributed by atoms with van der Waals surface area (Å²) in [6, 6.07) is 17.9. The van der Waals surface area contributed by atoms with Gasteiger partial charge in [-0.1, -0.05) is 36.4 Å². The Morgan fingerprint density at radius 2 is 1.62 bits per heavy atom. The van der Waals surface area contributed by atoms with Crippen LogP contribution in [0.25, 0.3) is 28.6 Å². The molecule has 0 spiro atoms. The third-order valence-corrected chi connectivity index (χ3v) is 6.66. The van der Waals surface area contributed by atoms with Gasteiger partial charge in [-0.15, -0.1) is 0 Å². The van der Waals surface area contributed by atoms with E-state index >= 15 is 0 Å². The molecule has 0 radical (unpaired) electrons. The first-order valence-electron chi connectivity index (χ1n) is 11.2. The Bertz CT molecular complexity index is 1560. The maximum Gasteiger partial charge on any atom is 0.0743 e. The van der Waals surface area contributed by atoms with Crippen LogP contribution in [0.4, 0.5) is 0 Å². The summed E-state index contributed by atoms with van der Waals surface area (Å²) in [5, 5.41) is 8.33. The topological polar surface area (TPSA) is 52.5 Å². The van der Waals surface area contributed by atoms with Crippen LogP contribution in [0.2, 0.25) is 0 Å². The van der Waals surface area contributed by atoms with Crippen LogP contribution in [-0.2, 0) is 0 Å². The number of H-pyrrole nitrogens is 1. The lowest BCUT2D eigenvalue weighted by Gasteiger charge is -2.10. The van der Waals surface area contributed by atoms with Gasteiger partial charge in [0.2, 0.25) is 0 Å². The molecule has 0 saturated carbocycles. The standard InChI is InChI=1S/C28H22N4/c1-2-4-24-17(3-1)5-12-25-26-15-22-10-8-20(30-22)13-18-6-7-19(29-18)14-21-9-11-23(31-21)16-27(32-26)28(24)25/h1-7,9,11-16,20,22,30-31H,8,10H2/b18-13-,21-14-,23-16-,26-15-. The van der Waals surface area contributed by atoms with Crippen LogP contribution in [0.15, 0.2) is 88.5 Å². The quantitative estimate of drug-likeness (QED) is 0.580. The first kappa shape index (κ1) is 17.9. The maximum atomic E-state index is 5.13. The Hall–Kier alpha value is -3.76. The Morgan fingerprint density at radius 3 is 2.56 bits per heavy atom. The van der Waals surface area contributed by atoms with Gasteiger partial charge in [0.05, 0.1) is 22.8 Å². The summed E-state index contributed by atoms with van der Waals surface area (Å²) < 4.78 is 0. The number of hydrogen-bond donors (Lipinski definition) is 2. The van der Waals surface area contributed by atoms with Crippen molar-refractivity contribution in [3.63, 3.8) is 0 Å². The first-order valence-corrected chi connectivity index (χ1v) is 11.2. The van der Waals surface area contributed by atoms with Crippen molar-refractivity contribution in [2.24, 2.45) is 9.98 Å². The number of aromatic amines is 1. The molecule has 1 saturated heterocycles. The molecule has 3 aromatic rings. The van der Waals surface area contributed by atoms with E-state index in [1.54, 1.807) is 0 Å². The van der Waals surface area contributed by atoms with E-state index in [-0.39, 0.29) is 0 Å². The summed E-state index contributed by atoms with van der Waals surface area (Å²) in [7, 11) is 0. The number of benzene rings is 2. The highest BCUT2D eigenvalue weighted by Gasteiger charge is 2.26. The minimum Gasteiger partial charge on any atom is -0.355 e. The summed E-state index contributed by atoms with van der Waals surface area (Å²) in [6.45, 7) is 0. The molecule has 4 aliphatic rings. The smallest absolute Gasteiger partial charge is 0.0743 e. The van der Waals surface area contributed by atoms with Crippen molar-refractivity contribution in [3.05, 3.63) is 100 Å². The van der Waals surface area contributed by atoms with Crippen LogP contribution in [0.1, 0.15) is 24.0 Å². The molecule has 1 fully saturated rings. The summed E-state index contributed by atoms with van der Waals surface area (Å²) in [5.74, 6) is 0. The van der Waals surface area contributed by atoms with E-state index in [9.17, 15) is 0 Å². The zero-order valence-corrected chi connectivity index (χ0v) is 17.5. The molecule has 0 amide bonds. The predicted octanol–water partition coefficient (Wildman–Crippen LogP) is 3.60. The maximum absolute atomic E-state index is 5.13. The molecule has 5 heterocycles. The third-order valence-electron chi connectivity index (χ3n) is 6.66. The van der Waals surface area contributed by atoms with Crippen LogP contribution in [0, 0.1) is 0 Å². The molecule has 1 aromatic heterocycles. The minimum absolute atomic E-state index is 0.305. The number of nitrogens with one attached hydrogen (secondary N) is 2. The fourth-order valence-electron chi connectivity index (χ4n) is 5.17. The molecule has 2 aromatic carbocycles. The van der Waals surface area contributed by atoms with Gasteiger partial charge in [0.25, 0.3) is 0 Å². The molecule has 154 valence electrons. The molecule has 32 heavy (non-hydrogen) atoms. The lowest BCUT2D eigenvalue weighted by Crippen LogP contribution is -2.26. The Balaban J connectivity index is 1.47. The zero-order valence-electron chi connectivity index (χ0n) is 17.5. The molecule has 8 bridgehead atoms. The molecule has 2 atom stereocenters. The predicted molar refractivity (Wildman–Crippen MR) is 132 cm³/mol. The molecule has 4 heteroatoms. The normalized spacial score (nSPS) is 28.5. The second-order valence-corrected chi connectivity index (χ2v) is 8.83. The first-order chi connectivity index (χ1) is 15.8. The summed E-state index contributed by atoms with van der Waals surface area (Å²) >= 11 is 0. The van der Waals surface area contributed by atoms with E-state index in [2.05, 4.69) is 95.3 Å². The lowest BCUT2D eigenvalue weighted by atomic mass is 9.95.